The molecule has 5 heteroatoms. The van der Waals surface area contributed by atoms with Crippen LogP contribution in [0.4, 0.5) is 0 Å². The number of esters is 1. The molecule has 1 aliphatic rings. The molecule has 3 aromatic rings. The van der Waals surface area contributed by atoms with Crippen LogP contribution < -0.4 is 0 Å². The number of methoxy groups -OCH3 is 1. The molecule has 5 nitrogen and oxygen atoms in total. The van der Waals surface area contributed by atoms with E-state index in [4.69, 9.17) is 4.74 Å². The molecular formula is C20H19N3O2. The summed E-state index contributed by atoms with van der Waals surface area (Å²) in [6.45, 7) is 2.89. The number of carbonyl (C=O) groups is 1. The van der Waals surface area contributed by atoms with Gasteiger partial charge in [-0.15, -0.1) is 0 Å². The summed E-state index contributed by atoms with van der Waals surface area (Å²) in [6, 6.07) is 5.77. The second-order valence-electron chi connectivity index (χ2n) is 6.10. The number of rotatable bonds is 3. The first-order valence-electron chi connectivity index (χ1n) is 8.46. The molecule has 0 spiro atoms. The van der Waals surface area contributed by atoms with Gasteiger partial charge >= 0.3 is 5.97 Å². The Balaban J connectivity index is 2.06. The Kier molecular flexibility index (Phi) is 3.84. The number of allylic oxidation sites excluding steroid dienone is 1. The quantitative estimate of drug-likeness (QED) is 0.683. The fraction of sp³-hybridized carbons (Fsp3) is 0.250. The molecule has 0 fully saturated rings. The zero-order chi connectivity index (χ0) is 17.4. The zero-order valence-electron chi connectivity index (χ0n) is 14.3. The van der Waals surface area contributed by atoms with Crippen LogP contribution in [0.2, 0.25) is 0 Å². The van der Waals surface area contributed by atoms with Crippen LogP contribution in [0.1, 0.15) is 35.0 Å². The maximum absolute atomic E-state index is 12.0. The summed E-state index contributed by atoms with van der Waals surface area (Å²) in [5, 5.41) is 1.16. The van der Waals surface area contributed by atoms with Gasteiger partial charge in [0.25, 0.3) is 0 Å². The van der Waals surface area contributed by atoms with E-state index >= 15 is 0 Å². The highest BCUT2D eigenvalue weighted by atomic mass is 16.5. The SMILES string of the molecule is CCCc1c2n(c3cc(C(=O)OC)ccc13)CC=Cc1nccnc1-2. The van der Waals surface area contributed by atoms with Gasteiger partial charge in [0.1, 0.15) is 5.69 Å². The lowest BCUT2D eigenvalue weighted by Crippen LogP contribution is -2.02. The standard InChI is InChI=1S/C20H19N3O2/c1-3-5-15-14-8-7-13(20(24)25-2)12-17(14)23-11-4-6-16-18(19(15)23)22-10-9-21-16/h4,6-10,12H,3,5,11H2,1-2H3. The second-order valence-corrected chi connectivity index (χ2v) is 6.10. The fourth-order valence-electron chi connectivity index (χ4n) is 3.55. The molecule has 1 aromatic carbocycles. The van der Waals surface area contributed by atoms with E-state index in [0.29, 0.717) is 5.56 Å². The van der Waals surface area contributed by atoms with Gasteiger partial charge in [0.05, 0.1) is 24.1 Å². The molecule has 1 aliphatic heterocycles. The zero-order valence-corrected chi connectivity index (χ0v) is 14.3. The number of carbonyl (C=O) groups excluding carboxylic acids is 1. The largest absolute Gasteiger partial charge is 0.465 e. The maximum atomic E-state index is 12.0. The summed E-state index contributed by atoms with van der Waals surface area (Å²) in [5.74, 6) is -0.321. The third-order valence-electron chi connectivity index (χ3n) is 4.61. The van der Waals surface area contributed by atoms with Crippen LogP contribution in [0.5, 0.6) is 0 Å². The van der Waals surface area contributed by atoms with Crippen molar-refractivity contribution in [3.05, 3.63) is 53.5 Å². The van der Waals surface area contributed by atoms with Crippen molar-refractivity contribution in [1.29, 1.82) is 0 Å². The molecule has 0 bridgehead atoms. The molecule has 25 heavy (non-hydrogen) atoms. The minimum absolute atomic E-state index is 0.321. The number of benzene rings is 1. The van der Waals surface area contributed by atoms with Gasteiger partial charge in [-0.05, 0) is 30.2 Å². The lowest BCUT2D eigenvalue weighted by molar-refractivity contribution is 0.0601. The van der Waals surface area contributed by atoms with Crippen molar-refractivity contribution in [2.45, 2.75) is 26.3 Å². The van der Waals surface area contributed by atoms with E-state index < -0.39 is 0 Å². The Hall–Kier alpha value is -2.95. The van der Waals surface area contributed by atoms with E-state index in [2.05, 4.69) is 27.5 Å². The normalized spacial score (nSPS) is 12.6. The van der Waals surface area contributed by atoms with E-state index in [1.165, 1.54) is 12.7 Å². The van der Waals surface area contributed by atoms with Crippen LogP contribution in [-0.2, 0) is 17.7 Å². The molecule has 126 valence electrons. The summed E-state index contributed by atoms with van der Waals surface area (Å²) in [5.41, 5.74) is 5.74. The molecular weight excluding hydrogens is 314 g/mol. The van der Waals surface area contributed by atoms with Crippen molar-refractivity contribution < 1.29 is 9.53 Å². The minimum atomic E-state index is -0.321. The monoisotopic (exact) mass is 333 g/mol. The topological polar surface area (TPSA) is 57.0 Å². The molecule has 2 aromatic heterocycles. The summed E-state index contributed by atoms with van der Waals surface area (Å²) in [4.78, 5) is 21.0. The van der Waals surface area contributed by atoms with Gasteiger partial charge in [0.15, 0.2) is 0 Å². The Morgan fingerprint density at radius 3 is 2.92 bits per heavy atom. The van der Waals surface area contributed by atoms with E-state index in [-0.39, 0.29) is 5.97 Å². The summed E-state index contributed by atoms with van der Waals surface area (Å²) in [7, 11) is 1.41. The number of aryl methyl sites for hydroxylation is 1. The van der Waals surface area contributed by atoms with E-state index in [0.717, 1.165) is 47.4 Å². The molecule has 0 saturated heterocycles. The molecule has 0 N–H and O–H groups in total. The van der Waals surface area contributed by atoms with E-state index in [1.54, 1.807) is 12.4 Å². The number of aromatic nitrogens is 3. The first kappa shape index (κ1) is 15.6. The van der Waals surface area contributed by atoms with Crippen molar-refractivity contribution in [3.63, 3.8) is 0 Å². The van der Waals surface area contributed by atoms with Gasteiger partial charge in [-0.1, -0.05) is 25.5 Å². The highest BCUT2D eigenvalue weighted by Crippen LogP contribution is 2.37. The predicted octanol–water partition coefficient (Wildman–Crippen LogP) is 3.86. The molecule has 0 unspecified atom stereocenters. The lowest BCUT2D eigenvalue weighted by Gasteiger charge is -2.09. The molecule has 0 saturated carbocycles. The van der Waals surface area contributed by atoms with Crippen LogP contribution in [0.25, 0.3) is 28.4 Å². The second kappa shape index (κ2) is 6.16. The highest BCUT2D eigenvalue weighted by molar-refractivity contribution is 5.98. The predicted molar refractivity (Wildman–Crippen MR) is 97.3 cm³/mol. The van der Waals surface area contributed by atoms with Crippen LogP contribution >= 0.6 is 0 Å². The highest BCUT2D eigenvalue weighted by Gasteiger charge is 2.23. The molecule has 0 amide bonds. The van der Waals surface area contributed by atoms with Crippen LogP contribution in [-0.4, -0.2) is 27.6 Å². The lowest BCUT2D eigenvalue weighted by atomic mass is 10.0. The summed E-state index contributed by atoms with van der Waals surface area (Å²) in [6.07, 6.45) is 9.54. The van der Waals surface area contributed by atoms with Gasteiger partial charge < -0.3 is 9.30 Å². The molecule has 4 rings (SSSR count). The van der Waals surface area contributed by atoms with E-state index in [9.17, 15) is 4.79 Å². The van der Waals surface area contributed by atoms with Crippen LogP contribution in [0.15, 0.2) is 36.7 Å². The summed E-state index contributed by atoms with van der Waals surface area (Å²) >= 11 is 0. The van der Waals surface area contributed by atoms with Crippen molar-refractivity contribution in [3.8, 4) is 11.4 Å². The number of fused-ring (bicyclic) bond motifs is 5. The Bertz CT molecular complexity index is 1000. The van der Waals surface area contributed by atoms with Crippen LogP contribution in [0.3, 0.4) is 0 Å². The number of nitrogens with zero attached hydrogens (tertiary/aromatic N) is 3. The Morgan fingerprint density at radius 2 is 2.12 bits per heavy atom. The molecule has 3 heterocycles. The number of ether oxygens (including phenoxy) is 1. The van der Waals surface area contributed by atoms with Crippen molar-refractivity contribution in [2.24, 2.45) is 0 Å². The molecule has 0 aliphatic carbocycles. The average Bonchev–Trinajstić information content (AvgIpc) is 2.82. The van der Waals surface area contributed by atoms with Gasteiger partial charge in [0.2, 0.25) is 0 Å². The van der Waals surface area contributed by atoms with Gasteiger partial charge in [-0.2, -0.15) is 0 Å². The Morgan fingerprint density at radius 1 is 1.28 bits per heavy atom. The van der Waals surface area contributed by atoms with Gasteiger partial charge in [-0.3, -0.25) is 9.97 Å². The molecule has 0 atom stereocenters. The van der Waals surface area contributed by atoms with Crippen molar-refractivity contribution in [2.75, 3.05) is 7.11 Å². The molecule has 0 radical (unpaired) electrons. The third kappa shape index (κ3) is 2.43. The van der Waals surface area contributed by atoms with Crippen molar-refractivity contribution >= 4 is 22.9 Å². The van der Waals surface area contributed by atoms with Crippen molar-refractivity contribution in [1.82, 2.24) is 14.5 Å². The average molecular weight is 333 g/mol. The number of hydrogen-bond donors (Lipinski definition) is 0. The van der Waals surface area contributed by atoms with Crippen LogP contribution in [0, 0.1) is 0 Å². The Labute approximate surface area is 146 Å². The smallest absolute Gasteiger partial charge is 0.337 e. The maximum Gasteiger partial charge on any atom is 0.337 e. The third-order valence-corrected chi connectivity index (χ3v) is 4.61. The van der Waals surface area contributed by atoms with E-state index in [1.807, 2.05) is 24.3 Å². The fourth-order valence-corrected chi connectivity index (χ4v) is 3.55. The number of hydrogen-bond acceptors (Lipinski definition) is 4. The van der Waals surface area contributed by atoms with Gasteiger partial charge in [-0.25, -0.2) is 4.79 Å². The first-order valence-corrected chi connectivity index (χ1v) is 8.46. The summed E-state index contributed by atoms with van der Waals surface area (Å²) < 4.78 is 7.11. The minimum Gasteiger partial charge on any atom is -0.465 e. The first-order chi connectivity index (χ1) is 12.2. The van der Waals surface area contributed by atoms with Gasteiger partial charge in [0, 0.05) is 29.8 Å².